The van der Waals surface area contributed by atoms with Crippen LogP contribution in [-0.2, 0) is 14.3 Å². The fraction of sp³-hybridized carbons (Fsp3) is 0.333. The number of fused-ring (bicyclic) bond motifs is 2. The molecule has 2 aliphatic carbocycles. The van der Waals surface area contributed by atoms with Crippen molar-refractivity contribution in [2.75, 3.05) is 0 Å². The molecule has 0 aromatic heterocycles. The predicted molar refractivity (Wildman–Crippen MR) is 67.5 cm³/mol. The first-order valence-electron chi connectivity index (χ1n) is 5.86. The van der Waals surface area contributed by atoms with E-state index in [0.717, 1.165) is 0 Å². The summed E-state index contributed by atoms with van der Waals surface area (Å²) in [6.45, 7) is 1.25. The molecule has 0 aromatic carbocycles. The van der Waals surface area contributed by atoms with E-state index in [4.69, 9.17) is 4.74 Å². The topological polar surface area (TPSA) is 63.6 Å². The predicted octanol–water partition coefficient (Wildman–Crippen LogP) is 0.515. The first-order valence-corrected chi connectivity index (χ1v) is 5.86. The molecule has 0 spiro atoms. The quantitative estimate of drug-likeness (QED) is 0.548. The van der Waals surface area contributed by atoms with Crippen LogP contribution in [0.5, 0.6) is 0 Å². The van der Waals surface area contributed by atoms with Gasteiger partial charge < -0.3 is 9.84 Å². The molecule has 4 nitrogen and oxygen atoms in total. The summed E-state index contributed by atoms with van der Waals surface area (Å²) in [6.07, 6.45) is 4.34. The minimum Gasteiger partial charge on any atom is -0.444 e. The van der Waals surface area contributed by atoms with Crippen LogP contribution in [0, 0.1) is 23.7 Å². The second-order valence-corrected chi connectivity index (χ2v) is 4.27. The Labute approximate surface area is 111 Å². The molecule has 2 atom stereocenters. The third kappa shape index (κ3) is 2.76. The summed E-state index contributed by atoms with van der Waals surface area (Å²) in [5.74, 6) is 9.40. The number of esters is 1. The van der Waals surface area contributed by atoms with Crippen molar-refractivity contribution >= 4 is 11.8 Å². The minimum absolute atomic E-state index is 0.195. The van der Waals surface area contributed by atoms with Gasteiger partial charge in [-0.1, -0.05) is 23.8 Å². The van der Waals surface area contributed by atoms with Crippen LogP contribution in [0.15, 0.2) is 23.8 Å². The normalized spacial score (nSPS) is 29.9. The van der Waals surface area contributed by atoms with Crippen molar-refractivity contribution in [3.63, 3.8) is 0 Å². The van der Waals surface area contributed by atoms with Crippen LogP contribution in [0.4, 0.5) is 0 Å². The van der Waals surface area contributed by atoms with Crippen LogP contribution in [0.1, 0.15) is 19.8 Å². The number of Topliss-reactive ketones (excluding diaryl/α,β-unsaturated/α-hetero) is 1. The lowest BCUT2D eigenvalue weighted by Gasteiger charge is -2.27. The lowest BCUT2D eigenvalue weighted by Crippen LogP contribution is -2.43. The maximum atomic E-state index is 12.3. The van der Waals surface area contributed by atoms with Gasteiger partial charge >= 0.3 is 5.97 Å². The summed E-state index contributed by atoms with van der Waals surface area (Å²) in [7, 11) is 0. The van der Waals surface area contributed by atoms with Crippen LogP contribution in [0.3, 0.4) is 0 Å². The third-order valence-electron chi connectivity index (χ3n) is 2.82. The van der Waals surface area contributed by atoms with Crippen LogP contribution in [0.25, 0.3) is 0 Å². The number of hydrogen-bond acceptors (Lipinski definition) is 4. The van der Waals surface area contributed by atoms with E-state index in [2.05, 4.69) is 23.7 Å². The summed E-state index contributed by atoms with van der Waals surface area (Å²) in [4.78, 5) is 23.3. The van der Waals surface area contributed by atoms with Crippen molar-refractivity contribution < 1.29 is 19.4 Å². The lowest BCUT2D eigenvalue weighted by atomic mass is 9.81. The first kappa shape index (κ1) is 13.1. The van der Waals surface area contributed by atoms with E-state index in [1.54, 1.807) is 6.08 Å². The van der Waals surface area contributed by atoms with Crippen molar-refractivity contribution in [2.45, 2.75) is 31.5 Å². The van der Waals surface area contributed by atoms with Crippen molar-refractivity contribution in [1.82, 2.24) is 0 Å². The molecule has 1 N–H and O–H groups in total. The van der Waals surface area contributed by atoms with Crippen LogP contribution in [-0.4, -0.2) is 28.6 Å². The molecule has 2 unspecified atom stereocenters. The van der Waals surface area contributed by atoms with E-state index in [1.807, 2.05) is 0 Å². The largest absolute Gasteiger partial charge is 0.444 e. The van der Waals surface area contributed by atoms with Crippen LogP contribution < -0.4 is 0 Å². The Hall–Kier alpha value is -2.30. The van der Waals surface area contributed by atoms with Gasteiger partial charge in [0.1, 0.15) is 0 Å². The molecule has 0 aromatic rings. The number of rotatable bonds is 1. The SMILES string of the molecule is CC(=O)OC1C#C/C=C\C#CC2(O)CCC=C1C2=O. The van der Waals surface area contributed by atoms with E-state index >= 15 is 0 Å². The standard InChI is InChI=1S/C15H12O4/c1-11(16)19-13-8-4-2-3-5-9-15(18)10-6-7-12(13)14(15)17/h2-3,7,13,18H,6,10H2,1H3/b3-2-. The number of aliphatic hydroxyl groups is 1. The van der Waals surface area contributed by atoms with Gasteiger partial charge in [-0.15, -0.1) is 0 Å². The Kier molecular flexibility index (Phi) is 3.55. The van der Waals surface area contributed by atoms with Crippen LogP contribution in [0.2, 0.25) is 0 Å². The van der Waals surface area contributed by atoms with Crippen LogP contribution >= 0.6 is 0 Å². The van der Waals surface area contributed by atoms with Crippen molar-refractivity contribution in [3.8, 4) is 23.7 Å². The highest BCUT2D eigenvalue weighted by Gasteiger charge is 2.41. The molecule has 2 bridgehead atoms. The molecule has 96 valence electrons. The maximum absolute atomic E-state index is 12.3. The number of allylic oxidation sites excluding steroid dienone is 3. The molecule has 0 aliphatic heterocycles. The minimum atomic E-state index is -1.72. The number of hydrogen-bond donors (Lipinski definition) is 1. The molecule has 0 saturated heterocycles. The molecule has 4 heteroatoms. The highest BCUT2D eigenvalue weighted by Crippen LogP contribution is 2.27. The average Bonchev–Trinajstić information content (AvgIpc) is 2.34. The van der Waals surface area contributed by atoms with Crippen molar-refractivity contribution in [2.24, 2.45) is 0 Å². The lowest BCUT2D eigenvalue weighted by molar-refractivity contribution is -0.143. The summed E-state index contributed by atoms with van der Waals surface area (Å²) in [5.41, 5.74) is -1.52. The van der Waals surface area contributed by atoms with E-state index in [9.17, 15) is 14.7 Å². The Morgan fingerprint density at radius 3 is 2.95 bits per heavy atom. The number of carbonyl (C=O) groups excluding carboxylic acids is 2. The average molecular weight is 256 g/mol. The number of ketones is 1. The molecule has 0 saturated carbocycles. The fourth-order valence-corrected chi connectivity index (χ4v) is 1.93. The smallest absolute Gasteiger partial charge is 0.304 e. The van der Waals surface area contributed by atoms with Gasteiger partial charge in [-0.05, 0) is 30.9 Å². The zero-order valence-electron chi connectivity index (χ0n) is 10.4. The summed E-state index contributed by atoms with van der Waals surface area (Å²) < 4.78 is 5.03. The van der Waals surface area contributed by atoms with Crippen molar-refractivity contribution in [1.29, 1.82) is 0 Å². The van der Waals surface area contributed by atoms with Gasteiger partial charge in [-0.2, -0.15) is 0 Å². The Morgan fingerprint density at radius 1 is 1.47 bits per heavy atom. The molecule has 2 rings (SSSR count). The zero-order valence-corrected chi connectivity index (χ0v) is 10.4. The monoisotopic (exact) mass is 256 g/mol. The highest BCUT2D eigenvalue weighted by atomic mass is 16.5. The summed E-state index contributed by atoms with van der Waals surface area (Å²) in [5, 5.41) is 10.3. The van der Waals surface area contributed by atoms with Crippen molar-refractivity contribution in [3.05, 3.63) is 23.8 Å². The number of ether oxygens (including phenoxy) is 1. The fourth-order valence-electron chi connectivity index (χ4n) is 1.93. The second kappa shape index (κ2) is 5.14. The van der Waals surface area contributed by atoms with E-state index in [1.165, 1.54) is 19.1 Å². The molecular weight excluding hydrogens is 244 g/mol. The number of carbonyl (C=O) groups is 2. The van der Waals surface area contributed by atoms with Gasteiger partial charge in [0.15, 0.2) is 11.7 Å². The van der Waals surface area contributed by atoms with Gasteiger partial charge in [-0.25, -0.2) is 0 Å². The summed E-state index contributed by atoms with van der Waals surface area (Å²) in [6, 6.07) is 0. The Balaban J connectivity index is 2.48. The third-order valence-corrected chi connectivity index (χ3v) is 2.82. The molecular formula is C15H12O4. The molecule has 2 aliphatic rings. The van der Waals surface area contributed by atoms with Gasteiger partial charge in [0, 0.05) is 12.5 Å². The van der Waals surface area contributed by atoms with Gasteiger partial charge in [0.2, 0.25) is 5.78 Å². The second-order valence-electron chi connectivity index (χ2n) is 4.27. The summed E-state index contributed by atoms with van der Waals surface area (Å²) >= 11 is 0. The van der Waals surface area contributed by atoms with Gasteiger partial charge in [-0.3, -0.25) is 9.59 Å². The molecule has 0 fully saturated rings. The Morgan fingerprint density at radius 2 is 2.21 bits per heavy atom. The van der Waals surface area contributed by atoms with Gasteiger partial charge in [0.05, 0.1) is 0 Å². The zero-order chi connectivity index (χ0) is 13.9. The van der Waals surface area contributed by atoms with E-state index < -0.39 is 23.5 Å². The van der Waals surface area contributed by atoms with E-state index in [-0.39, 0.29) is 12.0 Å². The Bertz CT molecular complexity index is 604. The molecule has 19 heavy (non-hydrogen) atoms. The first-order chi connectivity index (χ1) is 9.03. The molecule has 0 heterocycles. The van der Waals surface area contributed by atoms with Gasteiger partial charge in [0.25, 0.3) is 0 Å². The molecule has 0 amide bonds. The maximum Gasteiger partial charge on any atom is 0.304 e. The molecule has 0 radical (unpaired) electrons. The highest BCUT2D eigenvalue weighted by molar-refractivity contribution is 6.06. The van der Waals surface area contributed by atoms with E-state index in [0.29, 0.717) is 6.42 Å².